The second kappa shape index (κ2) is 6.06. The monoisotopic (exact) mass is 315 g/mol. The third-order valence-electron chi connectivity index (χ3n) is 4.65. The van der Waals surface area contributed by atoms with Crippen molar-refractivity contribution in [3.05, 3.63) is 12.5 Å². The average molecular weight is 315 g/mol. The van der Waals surface area contributed by atoms with E-state index in [0.29, 0.717) is 25.9 Å². The zero-order valence-corrected chi connectivity index (χ0v) is 13.8. The summed E-state index contributed by atoms with van der Waals surface area (Å²) in [7, 11) is -3.52. The molecule has 1 saturated heterocycles. The fourth-order valence-electron chi connectivity index (χ4n) is 2.69. The number of sulfonamides is 1. The first-order valence-corrected chi connectivity index (χ1v) is 8.93. The minimum absolute atomic E-state index is 0.115. The van der Waals surface area contributed by atoms with Gasteiger partial charge in [-0.25, -0.2) is 13.4 Å². The van der Waals surface area contributed by atoms with Crippen LogP contribution in [-0.4, -0.2) is 47.1 Å². The number of aliphatic hydroxyl groups excluding tert-OH is 1. The summed E-state index contributed by atoms with van der Waals surface area (Å²) < 4.78 is 28.5. The van der Waals surface area contributed by atoms with E-state index in [1.807, 2.05) is 20.8 Å². The van der Waals surface area contributed by atoms with Gasteiger partial charge in [-0.15, -0.1) is 0 Å². The number of aromatic nitrogens is 2. The first-order valence-electron chi connectivity index (χ1n) is 7.49. The molecule has 0 aromatic carbocycles. The van der Waals surface area contributed by atoms with Crippen molar-refractivity contribution < 1.29 is 13.5 Å². The number of hydrogen-bond acceptors (Lipinski definition) is 4. The van der Waals surface area contributed by atoms with Crippen molar-refractivity contribution in [2.24, 2.45) is 5.41 Å². The quantitative estimate of drug-likeness (QED) is 0.896. The molecular weight excluding hydrogens is 290 g/mol. The maximum absolute atomic E-state index is 12.6. The zero-order chi connectivity index (χ0) is 15.7. The third kappa shape index (κ3) is 3.14. The van der Waals surface area contributed by atoms with Crippen LogP contribution < -0.4 is 0 Å². The molecular formula is C14H25N3O3S. The molecule has 2 rings (SSSR count). The molecule has 0 saturated carbocycles. The molecule has 0 atom stereocenters. The van der Waals surface area contributed by atoms with Crippen molar-refractivity contribution in [2.75, 3.05) is 19.7 Å². The summed E-state index contributed by atoms with van der Waals surface area (Å²) in [5.41, 5.74) is -0.122. The highest BCUT2D eigenvalue weighted by Gasteiger charge is 2.37. The smallest absolute Gasteiger partial charge is 0.262 e. The average Bonchev–Trinajstić information content (AvgIpc) is 2.98. The van der Waals surface area contributed by atoms with Crippen LogP contribution in [0.2, 0.25) is 0 Å². The van der Waals surface area contributed by atoms with Crippen LogP contribution in [0.15, 0.2) is 17.6 Å². The highest BCUT2D eigenvalue weighted by atomic mass is 32.2. The highest BCUT2D eigenvalue weighted by Crippen LogP contribution is 2.35. The molecule has 1 aromatic rings. The van der Waals surface area contributed by atoms with Crippen LogP contribution in [0.1, 0.15) is 46.1 Å². The van der Waals surface area contributed by atoms with Crippen LogP contribution in [0.5, 0.6) is 0 Å². The number of nitrogens with zero attached hydrogens (tertiary/aromatic N) is 3. The number of aliphatic hydroxyl groups is 1. The first-order chi connectivity index (χ1) is 9.84. The summed E-state index contributed by atoms with van der Waals surface area (Å²) in [6, 6.07) is 0.185. The normalized spacial score (nSPS) is 20.0. The Balaban J connectivity index is 2.14. The van der Waals surface area contributed by atoms with Crippen LogP contribution in [0.4, 0.5) is 0 Å². The second-order valence-electron chi connectivity index (χ2n) is 6.17. The van der Waals surface area contributed by atoms with Gasteiger partial charge in [0.25, 0.3) is 10.0 Å². The zero-order valence-electron chi connectivity index (χ0n) is 13.0. The highest BCUT2D eigenvalue weighted by molar-refractivity contribution is 7.89. The van der Waals surface area contributed by atoms with E-state index in [1.54, 1.807) is 17.1 Å². The van der Waals surface area contributed by atoms with Crippen LogP contribution in [0.3, 0.4) is 0 Å². The van der Waals surface area contributed by atoms with Gasteiger partial charge >= 0.3 is 0 Å². The summed E-state index contributed by atoms with van der Waals surface area (Å²) >= 11 is 0. The largest absolute Gasteiger partial charge is 0.396 e. The fourth-order valence-corrected chi connectivity index (χ4v) is 4.05. The van der Waals surface area contributed by atoms with Gasteiger partial charge in [0.15, 0.2) is 5.03 Å². The third-order valence-corrected chi connectivity index (χ3v) is 6.43. The molecule has 1 fully saturated rings. The van der Waals surface area contributed by atoms with E-state index in [0.717, 1.165) is 6.42 Å². The van der Waals surface area contributed by atoms with E-state index in [2.05, 4.69) is 4.98 Å². The standard InChI is InChI=1S/C14H25N3O3S/c1-4-14(10-18)5-7-17(8-6-14)21(19,20)13-9-16(11-15-13)12(2)3/h9,11-12,18H,4-8,10H2,1-3H3. The van der Waals surface area contributed by atoms with Crippen molar-refractivity contribution in [2.45, 2.75) is 51.1 Å². The van der Waals surface area contributed by atoms with Crippen LogP contribution in [-0.2, 0) is 10.0 Å². The van der Waals surface area contributed by atoms with Gasteiger partial charge in [-0.3, -0.25) is 0 Å². The van der Waals surface area contributed by atoms with E-state index in [-0.39, 0.29) is 23.1 Å². The summed E-state index contributed by atoms with van der Waals surface area (Å²) in [5.74, 6) is 0. The van der Waals surface area contributed by atoms with Gasteiger partial charge in [-0.1, -0.05) is 6.92 Å². The molecule has 0 amide bonds. The van der Waals surface area contributed by atoms with Gasteiger partial charge in [0.05, 0.1) is 6.33 Å². The molecule has 0 spiro atoms. The Morgan fingerprint density at radius 1 is 1.38 bits per heavy atom. The molecule has 21 heavy (non-hydrogen) atoms. The Bertz CT molecular complexity index is 566. The van der Waals surface area contributed by atoms with E-state index >= 15 is 0 Å². The summed E-state index contributed by atoms with van der Waals surface area (Å²) in [4.78, 5) is 4.04. The Morgan fingerprint density at radius 2 is 2.00 bits per heavy atom. The second-order valence-corrected chi connectivity index (χ2v) is 8.05. The summed E-state index contributed by atoms with van der Waals surface area (Å²) in [6.45, 7) is 7.03. The lowest BCUT2D eigenvalue weighted by Crippen LogP contribution is -2.44. The molecule has 0 unspecified atom stereocenters. The van der Waals surface area contributed by atoms with E-state index in [4.69, 9.17) is 0 Å². The lowest BCUT2D eigenvalue weighted by molar-refractivity contribution is 0.0647. The van der Waals surface area contributed by atoms with Crippen molar-refractivity contribution >= 4 is 10.0 Å². The molecule has 1 aromatic heterocycles. The number of imidazole rings is 1. The minimum atomic E-state index is -3.52. The van der Waals surface area contributed by atoms with Crippen LogP contribution >= 0.6 is 0 Å². The van der Waals surface area contributed by atoms with Gasteiger partial charge in [0, 0.05) is 31.9 Å². The van der Waals surface area contributed by atoms with Crippen molar-refractivity contribution in [1.82, 2.24) is 13.9 Å². The Labute approximate surface area is 126 Å². The summed E-state index contributed by atoms with van der Waals surface area (Å²) in [5, 5.41) is 9.64. The molecule has 0 bridgehead atoms. The molecule has 0 aliphatic carbocycles. The van der Waals surface area contributed by atoms with E-state index in [1.165, 1.54) is 4.31 Å². The molecule has 1 N–H and O–H groups in total. The molecule has 1 aliphatic heterocycles. The van der Waals surface area contributed by atoms with Crippen molar-refractivity contribution in [3.8, 4) is 0 Å². The predicted molar refractivity (Wildman–Crippen MR) is 80.4 cm³/mol. The number of hydrogen-bond donors (Lipinski definition) is 1. The molecule has 7 heteroatoms. The van der Waals surface area contributed by atoms with Gasteiger partial charge in [0.1, 0.15) is 0 Å². The van der Waals surface area contributed by atoms with Crippen LogP contribution in [0, 0.1) is 5.41 Å². The summed E-state index contributed by atoms with van der Waals surface area (Å²) in [6.07, 6.45) is 5.42. The SMILES string of the molecule is CCC1(CO)CCN(S(=O)(=O)c2cn(C(C)C)cn2)CC1. The van der Waals surface area contributed by atoms with Crippen molar-refractivity contribution in [3.63, 3.8) is 0 Å². The van der Waals surface area contributed by atoms with E-state index in [9.17, 15) is 13.5 Å². The molecule has 2 heterocycles. The van der Waals surface area contributed by atoms with Crippen LogP contribution in [0.25, 0.3) is 0 Å². The first kappa shape index (κ1) is 16.5. The lowest BCUT2D eigenvalue weighted by Gasteiger charge is -2.39. The van der Waals surface area contributed by atoms with Gasteiger partial charge in [-0.05, 0) is 38.5 Å². The van der Waals surface area contributed by atoms with Gasteiger partial charge < -0.3 is 9.67 Å². The Hall–Kier alpha value is -0.920. The van der Waals surface area contributed by atoms with E-state index < -0.39 is 10.0 Å². The lowest BCUT2D eigenvalue weighted by atomic mass is 9.77. The number of piperidine rings is 1. The fraction of sp³-hybridized carbons (Fsp3) is 0.786. The Kier molecular flexibility index (Phi) is 4.75. The molecule has 6 nitrogen and oxygen atoms in total. The van der Waals surface area contributed by atoms with Gasteiger partial charge in [-0.2, -0.15) is 4.31 Å². The topological polar surface area (TPSA) is 75.4 Å². The molecule has 0 radical (unpaired) electrons. The maximum Gasteiger partial charge on any atom is 0.262 e. The minimum Gasteiger partial charge on any atom is -0.396 e. The number of rotatable bonds is 5. The predicted octanol–water partition coefficient (Wildman–Crippen LogP) is 1.64. The van der Waals surface area contributed by atoms with Crippen molar-refractivity contribution in [1.29, 1.82) is 0 Å². The molecule has 1 aliphatic rings. The molecule has 120 valence electrons. The van der Waals surface area contributed by atoms with Gasteiger partial charge in [0.2, 0.25) is 0 Å². The Morgan fingerprint density at radius 3 is 2.43 bits per heavy atom. The maximum atomic E-state index is 12.6.